The number of halogens is 1. The summed E-state index contributed by atoms with van der Waals surface area (Å²) in [5.41, 5.74) is 9.12. The minimum absolute atomic E-state index is 0.105. The average Bonchev–Trinajstić information content (AvgIpc) is 2.96. The molecule has 0 aromatic heterocycles. The van der Waals surface area contributed by atoms with E-state index in [0.29, 0.717) is 33.9 Å². The molecule has 9 nitrogen and oxygen atoms in total. The Morgan fingerprint density at radius 2 is 1.63 bits per heavy atom. The van der Waals surface area contributed by atoms with E-state index >= 15 is 0 Å². The average molecular weight is 607 g/mol. The van der Waals surface area contributed by atoms with Gasteiger partial charge in [0.25, 0.3) is 5.91 Å². The number of nitrogens with one attached hydrogen (secondary N) is 1. The van der Waals surface area contributed by atoms with E-state index in [0.717, 1.165) is 36.3 Å². The van der Waals surface area contributed by atoms with Gasteiger partial charge in [0, 0.05) is 29.8 Å². The molecule has 1 heterocycles. The van der Waals surface area contributed by atoms with E-state index in [-0.39, 0.29) is 24.1 Å². The van der Waals surface area contributed by atoms with Crippen LogP contribution in [0.1, 0.15) is 37.8 Å². The number of carbonyl (C=O) groups is 3. The SMILES string of the molecule is CC(C)C(=O)Oc1ccc(NC(=O)/[N+](=C2\CCC[N+](C)(Cc3ccc(Cl)cc3)C2)[C@@H](Cc2ccc(O)cc2)C(N)=O)cc1. The number of aromatic hydroxyl groups is 1. The van der Waals surface area contributed by atoms with Crippen LogP contribution >= 0.6 is 11.6 Å². The number of benzene rings is 3. The maximum absolute atomic E-state index is 14.0. The number of phenols is 1. The first kappa shape index (κ1) is 31.7. The quantitative estimate of drug-likeness (QED) is 0.135. The molecule has 1 unspecified atom stereocenters. The zero-order valence-electron chi connectivity index (χ0n) is 24.8. The minimum atomic E-state index is -0.965. The highest BCUT2D eigenvalue weighted by atomic mass is 35.5. The molecule has 0 radical (unpaired) electrons. The van der Waals surface area contributed by atoms with Crippen molar-refractivity contribution in [2.24, 2.45) is 11.7 Å². The summed E-state index contributed by atoms with van der Waals surface area (Å²) in [6.45, 7) is 5.67. The Hall–Kier alpha value is -4.21. The smallest absolute Gasteiger partial charge is 0.496 e. The minimum Gasteiger partial charge on any atom is -0.508 e. The number of nitrogens with two attached hydrogens (primary N) is 1. The molecular formula is C33H39ClN4O5+2. The van der Waals surface area contributed by atoms with Crippen LogP contribution in [-0.4, -0.2) is 64.0 Å². The number of nitrogens with zero attached hydrogens (tertiary/aromatic N) is 2. The topological polar surface area (TPSA) is 122 Å². The van der Waals surface area contributed by atoms with Crippen LogP contribution in [0.5, 0.6) is 11.5 Å². The number of likely N-dealkylation sites (tertiary alicyclic amines) is 1. The second kappa shape index (κ2) is 13.8. The molecule has 1 aliphatic rings. The molecule has 0 aliphatic carbocycles. The van der Waals surface area contributed by atoms with Gasteiger partial charge in [-0.1, -0.05) is 49.7 Å². The summed E-state index contributed by atoms with van der Waals surface area (Å²) < 4.78 is 7.50. The van der Waals surface area contributed by atoms with E-state index in [1.807, 2.05) is 24.3 Å². The van der Waals surface area contributed by atoms with Gasteiger partial charge in [-0.05, 0) is 54.1 Å². The summed E-state index contributed by atoms with van der Waals surface area (Å²) in [4.78, 5) is 38.9. The van der Waals surface area contributed by atoms with E-state index < -0.39 is 18.0 Å². The van der Waals surface area contributed by atoms with E-state index in [9.17, 15) is 19.5 Å². The van der Waals surface area contributed by atoms with Gasteiger partial charge in [0.05, 0.1) is 19.5 Å². The molecule has 0 saturated carbocycles. The lowest BCUT2D eigenvalue weighted by Crippen LogP contribution is -2.56. The van der Waals surface area contributed by atoms with Crippen molar-refractivity contribution in [3.63, 3.8) is 0 Å². The number of quaternary nitrogens is 1. The molecule has 3 aromatic rings. The Labute approximate surface area is 257 Å². The molecule has 1 fully saturated rings. The van der Waals surface area contributed by atoms with Crippen LogP contribution < -0.4 is 15.8 Å². The molecule has 2 atom stereocenters. The van der Waals surface area contributed by atoms with Gasteiger partial charge in [-0.3, -0.25) is 9.59 Å². The predicted molar refractivity (Wildman–Crippen MR) is 166 cm³/mol. The summed E-state index contributed by atoms with van der Waals surface area (Å²) in [7, 11) is 2.14. The lowest BCUT2D eigenvalue weighted by atomic mass is 10.0. The van der Waals surface area contributed by atoms with Crippen LogP contribution in [-0.2, 0) is 22.6 Å². The number of primary amides is 1. The number of piperidine rings is 1. The fourth-order valence-corrected chi connectivity index (χ4v) is 5.46. The predicted octanol–water partition coefficient (Wildman–Crippen LogP) is 5.13. The first-order valence-corrected chi connectivity index (χ1v) is 14.7. The lowest BCUT2D eigenvalue weighted by Gasteiger charge is -2.38. The molecule has 4 N–H and O–H groups in total. The number of phenolic OH excluding ortho intramolecular Hbond substituents is 1. The number of amides is 3. The Bertz CT molecular complexity index is 1490. The standard InChI is InChI=1S/C33H37ClN4O5/c1-22(2)32(41)43-29-16-12-26(13-17-29)36-33(42)37(30(31(35)40)19-23-8-14-28(39)15-9-23)27-5-4-18-38(3,21-27)20-24-6-10-25(34)11-7-24/h6-17,22,30H,4-5,18-21H2,1-3H3,(H2-2,35,36,39,40,42)/p+2/b37-27+/t30-,38?/m0/s1. The van der Waals surface area contributed by atoms with Crippen molar-refractivity contribution < 1.29 is 33.3 Å². The molecule has 3 aromatic carbocycles. The molecule has 1 saturated heterocycles. The molecule has 3 amide bonds. The monoisotopic (exact) mass is 606 g/mol. The Balaban J connectivity index is 1.67. The van der Waals surface area contributed by atoms with Crippen molar-refractivity contribution in [3.05, 3.63) is 88.9 Å². The number of anilines is 1. The zero-order valence-corrected chi connectivity index (χ0v) is 25.5. The highest BCUT2D eigenvalue weighted by Gasteiger charge is 2.39. The number of esters is 1. The molecule has 0 spiro atoms. The van der Waals surface area contributed by atoms with Gasteiger partial charge in [-0.2, -0.15) is 9.37 Å². The second-order valence-corrected chi connectivity index (χ2v) is 12.1. The molecule has 4 rings (SSSR count). The Morgan fingerprint density at radius 1 is 1.00 bits per heavy atom. The first-order valence-electron chi connectivity index (χ1n) is 14.3. The summed E-state index contributed by atoms with van der Waals surface area (Å²) in [6, 6.07) is 19.3. The molecule has 1 aliphatic heterocycles. The largest absolute Gasteiger partial charge is 0.508 e. The van der Waals surface area contributed by atoms with Crippen LogP contribution in [0.25, 0.3) is 0 Å². The van der Waals surface area contributed by atoms with Crippen molar-refractivity contribution >= 4 is 40.9 Å². The van der Waals surface area contributed by atoms with E-state index in [1.165, 1.54) is 4.58 Å². The lowest BCUT2D eigenvalue weighted by molar-refractivity contribution is -0.918. The van der Waals surface area contributed by atoms with E-state index in [1.54, 1.807) is 62.4 Å². The molecule has 0 bridgehead atoms. The van der Waals surface area contributed by atoms with E-state index in [4.69, 9.17) is 22.1 Å². The fourth-order valence-electron chi connectivity index (χ4n) is 5.33. The third-order valence-electron chi connectivity index (χ3n) is 7.57. The van der Waals surface area contributed by atoms with Gasteiger partial charge in [-0.15, -0.1) is 0 Å². The fraction of sp³-hybridized carbons (Fsp3) is 0.333. The third-order valence-corrected chi connectivity index (χ3v) is 7.82. The maximum Gasteiger partial charge on any atom is 0.496 e. The first-order chi connectivity index (χ1) is 20.4. The zero-order chi connectivity index (χ0) is 31.1. The Morgan fingerprint density at radius 3 is 2.23 bits per heavy atom. The van der Waals surface area contributed by atoms with Crippen molar-refractivity contribution in [3.8, 4) is 11.5 Å². The number of urea groups is 1. The van der Waals surface area contributed by atoms with Gasteiger partial charge >= 0.3 is 12.0 Å². The van der Waals surface area contributed by atoms with Crippen molar-refractivity contribution in [1.29, 1.82) is 0 Å². The van der Waals surface area contributed by atoms with Crippen LogP contribution in [0.3, 0.4) is 0 Å². The van der Waals surface area contributed by atoms with Crippen LogP contribution in [0, 0.1) is 5.92 Å². The maximum atomic E-state index is 14.0. The summed E-state index contributed by atoms with van der Waals surface area (Å²) in [5.74, 6) is -0.788. The highest BCUT2D eigenvalue weighted by molar-refractivity contribution is 6.30. The van der Waals surface area contributed by atoms with Crippen molar-refractivity contribution in [2.75, 3.05) is 25.5 Å². The number of ether oxygens (including phenoxy) is 1. The number of rotatable bonds is 9. The van der Waals surface area contributed by atoms with Gasteiger partial charge in [-0.25, -0.2) is 5.32 Å². The summed E-state index contributed by atoms with van der Waals surface area (Å²) >= 11 is 6.10. The van der Waals surface area contributed by atoms with Gasteiger partial charge in [0.1, 0.15) is 36.0 Å². The van der Waals surface area contributed by atoms with Gasteiger partial charge in [0.15, 0.2) is 6.04 Å². The summed E-state index contributed by atoms with van der Waals surface area (Å²) in [5, 5.41) is 13.3. The van der Waals surface area contributed by atoms with Gasteiger partial charge in [0.2, 0.25) is 0 Å². The van der Waals surface area contributed by atoms with Crippen LogP contribution in [0.15, 0.2) is 72.8 Å². The van der Waals surface area contributed by atoms with Crippen molar-refractivity contribution in [2.45, 2.75) is 45.7 Å². The number of hydrogen-bond donors (Lipinski definition) is 3. The van der Waals surface area contributed by atoms with Crippen LogP contribution in [0.2, 0.25) is 5.02 Å². The van der Waals surface area contributed by atoms with Crippen LogP contribution in [0.4, 0.5) is 10.5 Å². The molecule has 43 heavy (non-hydrogen) atoms. The second-order valence-electron chi connectivity index (χ2n) is 11.6. The van der Waals surface area contributed by atoms with Crippen molar-refractivity contribution in [1.82, 2.24) is 0 Å². The van der Waals surface area contributed by atoms with E-state index in [2.05, 4.69) is 12.4 Å². The molecule has 226 valence electrons. The molecular weight excluding hydrogens is 568 g/mol. The number of hydrogen-bond acceptors (Lipinski definition) is 5. The molecule has 10 heteroatoms. The third kappa shape index (κ3) is 8.65. The Kier molecular flexibility index (Phi) is 10.2. The highest BCUT2D eigenvalue weighted by Crippen LogP contribution is 2.23. The number of carbonyl (C=O) groups excluding carboxylic acids is 3. The normalized spacial score (nSPS) is 18.5. The summed E-state index contributed by atoms with van der Waals surface area (Å²) in [6.07, 6.45) is 1.63. The van der Waals surface area contributed by atoms with Gasteiger partial charge < -0.3 is 20.1 Å².